The summed E-state index contributed by atoms with van der Waals surface area (Å²) in [5, 5.41) is 6.95. The second-order valence-corrected chi connectivity index (χ2v) is 7.89. The molecule has 1 heterocycles. The zero-order valence-corrected chi connectivity index (χ0v) is 16.1. The minimum absolute atomic E-state index is 0.173. The normalized spacial score (nSPS) is 11.6. The molecule has 3 rings (SSSR count). The van der Waals surface area contributed by atoms with Crippen LogP contribution in [0.15, 0.2) is 78.0 Å². The van der Waals surface area contributed by atoms with Crippen LogP contribution < -0.4 is 10.0 Å². The van der Waals surface area contributed by atoms with Crippen LogP contribution >= 0.6 is 0 Å². The first-order valence-electron chi connectivity index (χ1n) is 8.55. The Labute approximate surface area is 163 Å². The Morgan fingerprint density at radius 3 is 2.43 bits per heavy atom. The van der Waals surface area contributed by atoms with Gasteiger partial charge in [0.05, 0.1) is 11.4 Å². The lowest BCUT2D eigenvalue weighted by Crippen LogP contribution is -2.18. The molecule has 0 bridgehead atoms. The van der Waals surface area contributed by atoms with Crippen molar-refractivity contribution in [2.24, 2.45) is 0 Å². The quantitative estimate of drug-likeness (QED) is 0.600. The minimum atomic E-state index is -3.47. The van der Waals surface area contributed by atoms with Gasteiger partial charge >= 0.3 is 0 Å². The fraction of sp³-hybridized carbons (Fsp3) is 0.100. The van der Waals surface area contributed by atoms with Gasteiger partial charge in [-0.3, -0.25) is 9.48 Å². The number of benzene rings is 2. The van der Waals surface area contributed by atoms with Crippen molar-refractivity contribution in [3.8, 4) is 0 Å². The van der Waals surface area contributed by atoms with E-state index in [4.69, 9.17) is 0 Å². The van der Waals surface area contributed by atoms with Gasteiger partial charge in [-0.15, -0.1) is 0 Å². The highest BCUT2D eigenvalue weighted by molar-refractivity contribution is 7.89. The molecule has 0 saturated carbocycles. The molecule has 1 amide bonds. The van der Waals surface area contributed by atoms with Gasteiger partial charge in [-0.1, -0.05) is 24.3 Å². The number of aromatic nitrogens is 2. The number of nitrogens with one attached hydrogen (secondary N) is 2. The lowest BCUT2D eigenvalue weighted by Gasteiger charge is -2.05. The standard InChI is InChI=1S/C20H20N4O3S/c1-21-28(26,27)19-10-5-16(6-11-19)7-12-20(25)23-18-8-3-17(4-9-18)15-24-14-2-13-22-24/h2-14,21H,15H2,1H3,(H,23,25). The maximum atomic E-state index is 12.1. The Hall–Kier alpha value is -3.23. The summed E-state index contributed by atoms with van der Waals surface area (Å²) in [4.78, 5) is 12.3. The summed E-state index contributed by atoms with van der Waals surface area (Å²) in [6.07, 6.45) is 6.64. The maximum absolute atomic E-state index is 12.1. The highest BCUT2D eigenvalue weighted by Crippen LogP contribution is 2.13. The van der Waals surface area contributed by atoms with Crippen molar-refractivity contribution in [1.82, 2.24) is 14.5 Å². The first kappa shape index (κ1) is 19.5. The van der Waals surface area contributed by atoms with Crippen LogP contribution in [0.3, 0.4) is 0 Å². The monoisotopic (exact) mass is 396 g/mol. The first-order chi connectivity index (χ1) is 13.5. The molecule has 0 spiro atoms. The Morgan fingerprint density at radius 1 is 1.11 bits per heavy atom. The first-order valence-corrected chi connectivity index (χ1v) is 10.0. The van der Waals surface area contributed by atoms with E-state index in [1.54, 1.807) is 24.4 Å². The number of hydrogen-bond acceptors (Lipinski definition) is 4. The van der Waals surface area contributed by atoms with E-state index in [9.17, 15) is 13.2 Å². The number of rotatable bonds is 7. The molecule has 2 aromatic carbocycles. The van der Waals surface area contributed by atoms with Gasteiger partial charge in [-0.2, -0.15) is 5.10 Å². The van der Waals surface area contributed by atoms with Crippen molar-refractivity contribution in [1.29, 1.82) is 0 Å². The van der Waals surface area contributed by atoms with Gasteiger partial charge in [0.25, 0.3) is 0 Å². The number of sulfonamides is 1. The summed E-state index contributed by atoms with van der Waals surface area (Å²) in [6.45, 7) is 0.667. The van der Waals surface area contributed by atoms with Gasteiger partial charge < -0.3 is 5.32 Å². The number of carbonyl (C=O) groups excluding carboxylic acids is 1. The van der Waals surface area contributed by atoms with E-state index < -0.39 is 10.0 Å². The van der Waals surface area contributed by atoms with Crippen LogP contribution in [0.2, 0.25) is 0 Å². The molecule has 0 saturated heterocycles. The van der Waals surface area contributed by atoms with Crippen molar-refractivity contribution in [2.45, 2.75) is 11.4 Å². The third-order valence-corrected chi connectivity index (χ3v) is 5.44. The van der Waals surface area contributed by atoms with Crippen LogP contribution in [-0.4, -0.2) is 31.2 Å². The Bertz CT molecular complexity index is 1060. The van der Waals surface area contributed by atoms with Crippen LogP contribution in [0.1, 0.15) is 11.1 Å². The summed E-state index contributed by atoms with van der Waals surface area (Å²) >= 11 is 0. The zero-order valence-electron chi connectivity index (χ0n) is 15.2. The summed E-state index contributed by atoms with van der Waals surface area (Å²) in [5.74, 6) is -0.272. The van der Waals surface area contributed by atoms with Crippen molar-refractivity contribution in [2.75, 3.05) is 12.4 Å². The van der Waals surface area contributed by atoms with E-state index in [1.165, 1.54) is 25.3 Å². The van der Waals surface area contributed by atoms with Crippen LogP contribution in [0.25, 0.3) is 6.08 Å². The van der Waals surface area contributed by atoms with Crippen LogP contribution in [-0.2, 0) is 21.4 Å². The lowest BCUT2D eigenvalue weighted by molar-refractivity contribution is -0.111. The zero-order chi connectivity index (χ0) is 20.0. The van der Waals surface area contributed by atoms with Crippen LogP contribution in [0, 0.1) is 0 Å². The fourth-order valence-electron chi connectivity index (χ4n) is 2.51. The molecule has 0 fully saturated rings. The predicted molar refractivity (Wildman–Crippen MR) is 108 cm³/mol. The van der Waals surface area contributed by atoms with Gasteiger partial charge in [0.1, 0.15) is 0 Å². The van der Waals surface area contributed by atoms with E-state index in [-0.39, 0.29) is 10.8 Å². The summed E-state index contributed by atoms with van der Waals surface area (Å²) in [6, 6.07) is 15.7. The van der Waals surface area contributed by atoms with Gasteiger partial charge in [-0.05, 0) is 54.6 Å². The molecule has 144 valence electrons. The van der Waals surface area contributed by atoms with Gasteiger partial charge in [0.2, 0.25) is 15.9 Å². The molecule has 0 aliphatic heterocycles. The highest BCUT2D eigenvalue weighted by atomic mass is 32.2. The molecular weight excluding hydrogens is 376 g/mol. The van der Waals surface area contributed by atoms with Crippen LogP contribution in [0.5, 0.6) is 0 Å². The molecule has 7 nitrogen and oxygen atoms in total. The van der Waals surface area contributed by atoms with Crippen LogP contribution in [0.4, 0.5) is 5.69 Å². The molecule has 0 aliphatic carbocycles. The molecule has 8 heteroatoms. The SMILES string of the molecule is CNS(=O)(=O)c1ccc(C=CC(=O)Nc2ccc(Cn3cccn3)cc2)cc1. The second-order valence-electron chi connectivity index (χ2n) is 6.00. The number of anilines is 1. The van der Waals surface area contributed by atoms with E-state index >= 15 is 0 Å². The largest absolute Gasteiger partial charge is 0.323 e. The molecule has 0 unspecified atom stereocenters. The van der Waals surface area contributed by atoms with E-state index in [1.807, 2.05) is 41.2 Å². The molecule has 0 atom stereocenters. The molecule has 0 aliphatic rings. The molecule has 2 N–H and O–H groups in total. The van der Waals surface area contributed by atoms with Crippen molar-refractivity contribution in [3.63, 3.8) is 0 Å². The average molecular weight is 396 g/mol. The number of hydrogen-bond donors (Lipinski definition) is 2. The van der Waals surface area contributed by atoms with Crippen molar-refractivity contribution >= 4 is 27.7 Å². The topological polar surface area (TPSA) is 93.1 Å². The van der Waals surface area contributed by atoms with Gasteiger partial charge in [0.15, 0.2) is 0 Å². The molecule has 3 aromatic rings. The molecule has 28 heavy (non-hydrogen) atoms. The third-order valence-electron chi connectivity index (χ3n) is 4.01. The Kier molecular flexibility index (Phi) is 6.03. The smallest absolute Gasteiger partial charge is 0.248 e. The summed E-state index contributed by atoms with van der Waals surface area (Å²) in [5.41, 5.74) is 2.49. The van der Waals surface area contributed by atoms with E-state index in [0.29, 0.717) is 12.2 Å². The Morgan fingerprint density at radius 2 is 1.82 bits per heavy atom. The summed E-state index contributed by atoms with van der Waals surface area (Å²) < 4.78 is 27.5. The number of carbonyl (C=O) groups is 1. The number of amides is 1. The fourth-order valence-corrected chi connectivity index (χ4v) is 3.24. The van der Waals surface area contributed by atoms with E-state index in [2.05, 4.69) is 15.1 Å². The van der Waals surface area contributed by atoms with Gasteiger partial charge in [-0.25, -0.2) is 13.1 Å². The van der Waals surface area contributed by atoms with E-state index in [0.717, 1.165) is 11.1 Å². The molecule has 1 aromatic heterocycles. The molecule has 0 radical (unpaired) electrons. The van der Waals surface area contributed by atoms with Crippen molar-refractivity contribution in [3.05, 3.63) is 84.2 Å². The Balaban J connectivity index is 1.57. The highest BCUT2D eigenvalue weighted by Gasteiger charge is 2.09. The average Bonchev–Trinajstić information content (AvgIpc) is 3.21. The lowest BCUT2D eigenvalue weighted by atomic mass is 10.2. The summed E-state index contributed by atoms with van der Waals surface area (Å²) in [7, 11) is -2.11. The minimum Gasteiger partial charge on any atom is -0.323 e. The number of nitrogens with zero attached hydrogens (tertiary/aromatic N) is 2. The van der Waals surface area contributed by atoms with Crippen molar-refractivity contribution < 1.29 is 13.2 Å². The third kappa shape index (κ3) is 5.15. The predicted octanol–water partition coefficient (Wildman–Crippen LogP) is 2.49. The maximum Gasteiger partial charge on any atom is 0.248 e. The van der Waals surface area contributed by atoms with Gasteiger partial charge in [0, 0.05) is 24.2 Å². The molecular formula is C20H20N4O3S. The second kappa shape index (κ2) is 8.64.